The summed E-state index contributed by atoms with van der Waals surface area (Å²) < 4.78 is 34.5. The number of amides is 2. The molecule has 1 aliphatic rings. The summed E-state index contributed by atoms with van der Waals surface area (Å²) in [6.45, 7) is 2.77. The van der Waals surface area contributed by atoms with Gasteiger partial charge >= 0.3 is 0 Å². The number of nitro benzene ring substituents is 1. The second kappa shape index (κ2) is 15.8. The van der Waals surface area contributed by atoms with Crippen molar-refractivity contribution in [2.45, 2.75) is 22.6 Å². The Balaban J connectivity index is 1.07. The number of aryl methyl sites for hydroxylation is 1. The predicted octanol–water partition coefficient (Wildman–Crippen LogP) is 5.99. The molecular formula is C35H33N5O7S3. The molecule has 0 aliphatic carbocycles. The van der Waals surface area contributed by atoms with E-state index in [0.717, 1.165) is 37.3 Å². The van der Waals surface area contributed by atoms with Gasteiger partial charge in [-0.15, -0.1) is 23.1 Å². The van der Waals surface area contributed by atoms with Crippen LogP contribution in [0.2, 0.25) is 0 Å². The molecule has 1 aliphatic heterocycles. The lowest BCUT2D eigenvalue weighted by atomic mass is 10.0. The maximum atomic E-state index is 13.1. The molecule has 1 saturated heterocycles. The third-order valence-electron chi connectivity index (χ3n) is 7.96. The Kier molecular flexibility index (Phi) is 11.1. The van der Waals surface area contributed by atoms with Gasteiger partial charge in [0.1, 0.15) is 5.69 Å². The molecule has 5 aromatic rings. The lowest BCUT2D eigenvalue weighted by molar-refractivity contribution is -0.384. The highest BCUT2D eigenvalue weighted by molar-refractivity contribution is 7.99. The summed E-state index contributed by atoms with van der Waals surface area (Å²) in [7, 11) is -4.42. The number of carbonyl (C=O) groups is 2. The first-order valence-corrected chi connectivity index (χ1v) is 19.1. The van der Waals surface area contributed by atoms with Gasteiger partial charge in [-0.1, -0.05) is 36.4 Å². The van der Waals surface area contributed by atoms with Crippen molar-refractivity contribution >= 4 is 66.5 Å². The van der Waals surface area contributed by atoms with Crippen LogP contribution in [0.5, 0.6) is 0 Å². The second-order valence-electron chi connectivity index (χ2n) is 11.3. The number of nitrogens with zero attached hydrogens (tertiary/aromatic N) is 3. The summed E-state index contributed by atoms with van der Waals surface area (Å²) in [6, 6.07) is 25.5. The zero-order chi connectivity index (χ0) is 35.1. The van der Waals surface area contributed by atoms with E-state index in [1.165, 1.54) is 24.3 Å². The Bertz CT molecular complexity index is 2120. The summed E-state index contributed by atoms with van der Waals surface area (Å²) in [5.74, 6) is -0.136. The first kappa shape index (κ1) is 35.0. The normalized spacial score (nSPS) is 13.2. The van der Waals surface area contributed by atoms with E-state index in [-0.39, 0.29) is 17.2 Å². The highest BCUT2D eigenvalue weighted by Crippen LogP contribution is 2.30. The summed E-state index contributed by atoms with van der Waals surface area (Å²) in [5.41, 5.74) is 2.32. The number of ether oxygens (including phenoxy) is 1. The second-order valence-corrected chi connectivity index (χ2v) is 15.3. The molecule has 0 spiro atoms. The Morgan fingerprint density at radius 3 is 2.44 bits per heavy atom. The third-order valence-corrected chi connectivity index (χ3v) is 11.4. The van der Waals surface area contributed by atoms with E-state index >= 15 is 0 Å². The van der Waals surface area contributed by atoms with Crippen molar-refractivity contribution in [1.82, 2.24) is 14.6 Å². The van der Waals surface area contributed by atoms with Gasteiger partial charge in [0, 0.05) is 54.8 Å². The molecule has 2 amide bonds. The Morgan fingerprint density at radius 1 is 0.960 bits per heavy atom. The van der Waals surface area contributed by atoms with Crippen molar-refractivity contribution in [3.05, 3.63) is 112 Å². The molecule has 4 aromatic carbocycles. The average molecular weight is 732 g/mol. The van der Waals surface area contributed by atoms with E-state index in [4.69, 9.17) is 9.72 Å². The van der Waals surface area contributed by atoms with E-state index in [0.29, 0.717) is 51.4 Å². The number of carbonyl (C=O) groups excluding carboxylic acids is 2. The van der Waals surface area contributed by atoms with Crippen molar-refractivity contribution in [2.75, 3.05) is 43.9 Å². The minimum Gasteiger partial charge on any atom is -0.379 e. The predicted molar refractivity (Wildman–Crippen MR) is 194 cm³/mol. The van der Waals surface area contributed by atoms with Gasteiger partial charge in [0.25, 0.3) is 21.6 Å². The molecule has 0 saturated carbocycles. The molecule has 0 radical (unpaired) electrons. The van der Waals surface area contributed by atoms with E-state index in [9.17, 15) is 28.1 Å². The maximum absolute atomic E-state index is 13.1. The first-order chi connectivity index (χ1) is 24.2. The molecule has 0 bridgehead atoms. The van der Waals surface area contributed by atoms with Crippen LogP contribution in [0, 0.1) is 10.1 Å². The minimum absolute atomic E-state index is 0.0988. The molecule has 15 heteroatoms. The van der Waals surface area contributed by atoms with Gasteiger partial charge in [0.2, 0.25) is 5.91 Å². The van der Waals surface area contributed by atoms with Gasteiger partial charge in [-0.05, 0) is 59.7 Å². The molecule has 2 N–H and O–H groups in total. The number of thioether (sulfide) groups is 1. The van der Waals surface area contributed by atoms with Crippen LogP contribution in [0.4, 0.5) is 11.4 Å². The zero-order valence-corrected chi connectivity index (χ0v) is 29.2. The fourth-order valence-corrected chi connectivity index (χ4v) is 8.08. The molecule has 0 atom stereocenters. The number of nitro groups is 1. The molecular weight excluding hydrogens is 699 g/mol. The van der Waals surface area contributed by atoms with Gasteiger partial charge in [-0.25, -0.2) is 18.1 Å². The van der Waals surface area contributed by atoms with Crippen molar-refractivity contribution in [3.8, 4) is 11.1 Å². The zero-order valence-electron chi connectivity index (χ0n) is 26.7. The molecule has 2 heterocycles. The fraction of sp³-hybridized carbons (Fsp3) is 0.229. The number of benzene rings is 4. The van der Waals surface area contributed by atoms with Crippen LogP contribution in [0.1, 0.15) is 21.8 Å². The average Bonchev–Trinajstić information content (AvgIpc) is 3.55. The summed E-state index contributed by atoms with van der Waals surface area (Å²) in [5, 5.41) is 15.7. The summed E-state index contributed by atoms with van der Waals surface area (Å²) >= 11 is 3.13. The van der Waals surface area contributed by atoms with Gasteiger partial charge < -0.3 is 15.0 Å². The molecule has 1 aromatic heterocycles. The number of hydrogen-bond donors (Lipinski definition) is 2. The van der Waals surface area contributed by atoms with Crippen LogP contribution in [0.15, 0.2) is 101 Å². The third kappa shape index (κ3) is 8.66. The summed E-state index contributed by atoms with van der Waals surface area (Å²) in [6.07, 6.45) is 0.945. The quantitative estimate of drug-likeness (QED) is 0.0638. The highest BCUT2D eigenvalue weighted by atomic mass is 32.2. The van der Waals surface area contributed by atoms with Crippen molar-refractivity contribution in [2.24, 2.45) is 0 Å². The van der Waals surface area contributed by atoms with E-state index in [2.05, 4.69) is 5.32 Å². The van der Waals surface area contributed by atoms with E-state index < -0.39 is 31.4 Å². The Hall–Kier alpha value is -4.83. The molecule has 1 fully saturated rings. The van der Waals surface area contributed by atoms with Crippen LogP contribution in [-0.4, -0.2) is 73.6 Å². The lowest BCUT2D eigenvalue weighted by Gasteiger charge is -2.26. The Labute approximate surface area is 297 Å². The standard InChI is InChI=1S/C35H33N5O7S3/c41-34(39-17-19-47-20-18-39)15-14-33-37-30-22-26(10-13-32(30)49-33)24-6-8-25(9-7-24)35(42)38-50(45,46)28-11-12-29(31(23-28)40(43)44)36-16-21-48-27-4-2-1-3-5-27/h1-13,22-23,36H,14-21H2,(H,38,42). The van der Waals surface area contributed by atoms with E-state index in [1.807, 2.05) is 58.2 Å². The van der Waals surface area contributed by atoms with E-state index in [1.54, 1.807) is 35.2 Å². The SMILES string of the molecule is O=C(NS(=O)(=O)c1ccc(NCCSc2ccccc2)c([N+](=O)[O-])c1)c1ccc(-c2ccc3sc(CCC(=O)N4CCOCC4)nc3c2)cc1. The van der Waals surface area contributed by atoms with Crippen molar-refractivity contribution in [1.29, 1.82) is 0 Å². The minimum atomic E-state index is -4.42. The van der Waals surface area contributed by atoms with Crippen LogP contribution >= 0.6 is 23.1 Å². The lowest BCUT2D eigenvalue weighted by Crippen LogP contribution is -2.40. The van der Waals surface area contributed by atoms with Crippen LogP contribution in [-0.2, 0) is 26.0 Å². The van der Waals surface area contributed by atoms with Crippen LogP contribution in [0.25, 0.3) is 21.3 Å². The molecule has 0 unspecified atom stereocenters. The topological polar surface area (TPSA) is 161 Å². The number of aromatic nitrogens is 1. The largest absolute Gasteiger partial charge is 0.379 e. The number of morpholine rings is 1. The number of sulfonamides is 1. The van der Waals surface area contributed by atoms with Crippen LogP contribution < -0.4 is 10.0 Å². The number of anilines is 1. The smallest absolute Gasteiger partial charge is 0.293 e. The highest BCUT2D eigenvalue weighted by Gasteiger charge is 2.24. The Morgan fingerprint density at radius 2 is 1.70 bits per heavy atom. The molecule has 258 valence electrons. The van der Waals surface area contributed by atoms with Gasteiger partial charge in [0.15, 0.2) is 0 Å². The maximum Gasteiger partial charge on any atom is 0.293 e. The number of nitrogens with one attached hydrogen (secondary N) is 2. The first-order valence-electron chi connectivity index (χ1n) is 15.8. The van der Waals surface area contributed by atoms with Crippen LogP contribution in [0.3, 0.4) is 0 Å². The number of fused-ring (bicyclic) bond motifs is 1. The van der Waals surface area contributed by atoms with Gasteiger partial charge in [-0.2, -0.15) is 0 Å². The fourth-order valence-electron chi connectivity index (χ4n) is 5.35. The van der Waals surface area contributed by atoms with Crippen molar-refractivity contribution < 1.29 is 27.7 Å². The number of rotatable bonds is 13. The summed E-state index contributed by atoms with van der Waals surface area (Å²) in [4.78, 5) is 43.8. The number of hydrogen-bond acceptors (Lipinski definition) is 11. The number of thiazole rings is 1. The monoisotopic (exact) mass is 731 g/mol. The van der Waals surface area contributed by atoms with Crippen molar-refractivity contribution in [3.63, 3.8) is 0 Å². The molecule has 50 heavy (non-hydrogen) atoms. The molecule has 6 rings (SSSR count). The van der Waals surface area contributed by atoms with Gasteiger partial charge in [0.05, 0.1) is 38.3 Å². The van der Waals surface area contributed by atoms with Gasteiger partial charge in [-0.3, -0.25) is 19.7 Å². The molecule has 12 nitrogen and oxygen atoms in total.